The summed E-state index contributed by atoms with van der Waals surface area (Å²) in [6, 6.07) is 0. The molecule has 0 aliphatic carbocycles. The van der Waals surface area contributed by atoms with Gasteiger partial charge in [0.25, 0.3) is 0 Å². The lowest BCUT2D eigenvalue weighted by Crippen LogP contribution is -2.04. The van der Waals surface area contributed by atoms with Crippen LogP contribution in [0.2, 0.25) is 0 Å². The van der Waals surface area contributed by atoms with Gasteiger partial charge in [-0.1, -0.05) is 36.4 Å². The SMILES string of the molecule is CCC(=O)OCCCC(C)I. The van der Waals surface area contributed by atoms with Crippen molar-refractivity contribution in [1.82, 2.24) is 0 Å². The van der Waals surface area contributed by atoms with E-state index in [1.165, 1.54) is 0 Å². The van der Waals surface area contributed by atoms with Crippen LogP contribution in [0.4, 0.5) is 0 Å². The van der Waals surface area contributed by atoms with E-state index in [1.54, 1.807) is 0 Å². The Morgan fingerprint density at radius 3 is 2.73 bits per heavy atom. The number of carbonyl (C=O) groups is 1. The average molecular weight is 270 g/mol. The molecule has 0 amide bonds. The molecule has 0 aliphatic heterocycles. The van der Waals surface area contributed by atoms with Gasteiger partial charge in [-0.15, -0.1) is 0 Å². The van der Waals surface area contributed by atoms with E-state index < -0.39 is 0 Å². The van der Waals surface area contributed by atoms with Gasteiger partial charge in [0.15, 0.2) is 0 Å². The molecule has 0 N–H and O–H groups in total. The van der Waals surface area contributed by atoms with Crippen LogP contribution in [-0.4, -0.2) is 16.5 Å². The van der Waals surface area contributed by atoms with E-state index in [4.69, 9.17) is 4.74 Å². The van der Waals surface area contributed by atoms with Crippen LogP contribution in [0.5, 0.6) is 0 Å². The van der Waals surface area contributed by atoms with Crippen molar-refractivity contribution in [1.29, 1.82) is 0 Å². The number of alkyl halides is 1. The number of halogens is 1. The Kier molecular flexibility index (Phi) is 7.01. The number of carbonyl (C=O) groups excluding carboxylic acids is 1. The largest absolute Gasteiger partial charge is 0.466 e. The molecule has 3 heteroatoms. The summed E-state index contributed by atoms with van der Waals surface area (Å²) in [6.45, 7) is 4.55. The normalized spacial score (nSPS) is 12.6. The zero-order valence-corrected chi connectivity index (χ0v) is 9.26. The topological polar surface area (TPSA) is 26.3 Å². The van der Waals surface area contributed by atoms with Crippen molar-refractivity contribution in [3.05, 3.63) is 0 Å². The molecule has 0 bridgehead atoms. The van der Waals surface area contributed by atoms with E-state index in [-0.39, 0.29) is 5.97 Å². The van der Waals surface area contributed by atoms with Crippen molar-refractivity contribution in [2.45, 2.75) is 37.0 Å². The molecule has 0 radical (unpaired) electrons. The maximum Gasteiger partial charge on any atom is 0.305 e. The van der Waals surface area contributed by atoms with Gasteiger partial charge in [0.2, 0.25) is 0 Å². The van der Waals surface area contributed by atoms with Gasteiger partial charge < -0.3 is 4.74 Å². The van der Waals surface area contributed by atoms with Crippen molar-refractivity contribution in [2.24, 2.45) is 0 Å². The van der Waals surface area contributed by atoms with Gasteiger partial charge in [0.1, 0.15) is 0 Å². The van der Waals surface area contributed by atoms with Crippen LogP contribution in [0.3, 0.4) is 0 Å². The highest BCUT2D eigenvalue weighted by Crippen LogP contribution is 2.06. The second kappa shape index (κ2) is 6.88. The van der Waals surface area contributed by atoms with E-state index in [1.807, 2.05) is 6.92 Å². The lowest BCUT2D eigenvalue weighted by molar-refractivity contribution is -0.143. The maximum atomic E-state index is 10.6. The molecule has 0 spiro atoms. The van der Waals surface area contributed by atoms with E-state index in [9.17, 15) is 4.79 Å². The fraction of sp³-hybridized carbons (Fsp3) is 0.875. The predicted molar refractivity (Wildman–Crippen MR) is 54.0 cm³/mol. The molecule has 0 aliphatic rings. The highest BCUT2D eigenvalue weighted by atomic mass is 127. The van der Waals surface area contributed by atoms with Crippen LogP contribution in [0.1, 0.15) is 33.1 Å². The van der Waals surface area contributed by atoms with Crippen molar-refractivity contribution < 1.29 is 9.53 Å². The predicted octanol–water partition coefficient (Wildman–Crippen LogP) is 2.54. The second-order valence-corrected chi connectivity index (χ2v) is 4.62. The molecule has 0 aromatic carbocycles. The number of hydrogen-bond acceptors (Lipinski definition) is 2. The summed E-state index contributed by atoms with van der Waals surface area (Å²) in [7, 11) is 0. The van der Waals surface area contributed by atoms with Crippen LogP contribution < -0.4 is 0 Å². The fourth-order valence-electron chi connectivity index (χ4n) is 0.653. The summed E-state index contributed by atoms with van der Waals surface area (Å²) < 4.78 is 5.57. The minimum atomic E-state index is -0.0916. The zero-order chi connectivity index (χ0) is 8.69. The van der Waals surface area contributed by atoms with Gasteiger partial charge in [0, 0.05) is 10.3 Å². The standard InChI is InChI=1S/C8H15IO2/c1-3-8(10)11-6-4-5-7(2)9/h7H,3-6H2,1-2H3. The maximum absolute atomic E-state index is 10.6. The summed E-state index contributed by atoms with van der Waals surface area (Å²) in [4.78, 5) is 10.6. The summed E-state index contributed by atoms with van der Waals surface area (Å²) >= 11 is 2.37. The smallest absolute Gasteiger partial charge is 0.305 e. The number of esters is 1. The molecule has 0 rings (SSSR count). The molecule has 2 nitrogen and oxygen atoms in total. The van der Waals surface area contributed by atoms with Gasteiger partial charge in [-0.2, -0.15) is 0 Å². The Labute approximate surface area is 81.8 Å². The first-order chi connectivity index (χ1) is 5.16. The van der Waals surface area contributed by atoms with Gasteiger partial charge in [-0.05, 0) is 12.8 Å². The van der Waals surface area contributed by atoms with Crippen LogP contribution in [-0.2, 0) is 9.53 Å². The average Bonchev–Trinajstić information content (AvgIpc) is 1.97. The number of ether oxygens (including phenoxy) is 1. The van der Waals surface area contributed by atoms with Crippen molar-refractivity contribution in [3.8, 4) is 0 Å². The number of rotatable bonds is 5. The molecule has 0 heterocycles. The third-order valence-electron chi connectivity index (χ3n) is 1.30. The zero-order valence-electron chi connectivity index (χ0n) is 7.10. The van der Waals surface area contributed by atoms with Crippen LogP contribution >= 0.6 is 22.6 Å². The lowest BCUT2D eigenvalue weighted by atomic mass is 10.3. The van der Waals surface area contributed by atoms with Crippen molar-refractivity contribution in [3.63, 3.8) is 0 Å². The van der Waals surface area contributed by atoms with Crippen LogP contribution in [0, 0.1) is 0 Å². The molecule has 11 heavy (non-hydrogen) atoms. The van der Waals surface area contributed by atoms with Crippen LogP contribution in [0.15, 0.2) is 0 Å². The van der Waals surface area contributed by atoms with Gasteiger partial charge in [-0.25, -0.2) is 0 Å². The molecule has 1 unspecified atom stereocenters. The second-order valence-electron chi connectivity index (χ2n) is 2.50. The van der Waals surface area contributed by atoms with E-state index in [2.05, 4.69) is 29.5 Å². The Bertz CT molecular complexity index is 113. The Morgan fingerprint density at radius 1 is 1.64 bits per heavy atom. The molecule has 0 aromatic heterocycles. The fourth-order valence-corrected chi connectivity index (χ4v) is 1.09. The summed E-state index contributed by atoms with van der Waals surface area (Å²) in [6.07, 6.45) is 2.59. The first-order valence-corrected chi connectivity index (χ1v) is 5.21. The van der Waals surface area contributed by atoms with Gasteiger partial charge >= 0.3 is 5.97 Å². The monoisotopic (exact) mass is 270 g/mol. The van der Waals surface area contributed by atoms with Gasteiger partial charge in [0.05, 0.1) is 6.61 Å². The molecule has 0 fully saturated rings. The highest BCUT2D eigenvalue weighted by molar-refractivity contribution is 14.1. The lowest BCUT2D eigenvalue weighted by Gasteiger charge is -2.03. The highest BCUT2D eigenvalue weighted by Gasteiger charge is 1.98. The molecule has 0 saturated carbocycles. The minimum Gasteiger partial charge on any atom is -0.466 e. The van der Waals surface area contributed by atoms with Crippen molar-refractivity contribution in [2.75, 3.05) is 6.61 Å². The van der Waals surface area contributed by atoms with E-state index in [0.29, 0.717) is 17.0 Å². The first-order valence-electron chi connectivity index (χ1n) is 3.96. The molecule has 0 aromatic rings. The Hall–Kier alpha value is 0.200. The van der Waals surface area contributed by atoms with Crippen LogP contribution in [0.25, 0.3) is 0 Å². The third-order valence-corrected chi connectivity index (χ3v) is 1.92. The Balaban J connectivity index is 3.08. The summed E-state index contributed by atoms with van der Waals surface area (Å²) in [5, 5.41) is 0. The van der Waals surface area contributed by atoms with Crippen molar-refractivity contribution >= 4 is 28.6 Å². The quantitative estimate of drug-likeness (QED) is 0.332. The molecule has 66 valence electrons. The molecule has 0 saturated heterocycles. The molecule has 1 atom stereocenters. The summed E-state index contributed by atoms with van der Waals surface area (Å²) in [5.41, 5.74) is 0. The molecular weight excluding hydrogens is 255 g/mol. The van der Waals surface area contributed by atoms with Gasteiger partial charge in [-0.3, -0.25) is 4.79 Å². The first kappa shape index (κ1) is 11.2. The third kappa shape index (κ3) is 8.10. The van der Waals surface area contributed by atoms with E-state index >= 15 is 0 Å². The van der Waals surface area contributed by atoms with E-state index in [0.717, 1.165) is 12.8 Å². The molecular formula is C8H15IO2. The Morgan fingerprint density at radius 2 is 2.27 bits per heavy atom. The minimum absolute atomic E-state index is 0.0916. The summed E-state index contributed by atoms with van der Waals surface area (Å²) in [5.74, 6) is -0.0916. The number of hydrogen-bond donors (Lipinski definition) is 0.